The van der Waals surface area contributed by atoms with Crippen LogP contribution in [0.3, 0.4) is 0 Å². The summed E-state index contributed by atoms with van der Waals surface area (Å²) in [5.74, 6) is 1.08. The Labute approximate surface area is 185 Å². The zero-order valence-corrected chi connectivity index (χ0v) is 18.5. The highest BCUT2D eigenvalue weighted by molar-refractivity contribution is 9.10. The summed E-state index contributed by atoms with van der Waals surface area (Å²) in [7, 11) is 0. The minimum Gasteiger partial charge on any atom is -0.492 e. The van der Waals surface area contributed by atoms with Gasteiger partial charge in [-0.05, 0) is 59.3 Å². The fraction of sp³-hybridized carbons (Fsp3) is 0.100. The second kappa shape index (κ2) is 10.4. The molecule has 0 fully saturated rings. The lowest BCUT2D eigenvalue weighted by atomic mass is 10.3. The van der Waals surface area contributed by atoms with E-state index >= 15 is 0 Å². The molecule has 29 heavy (non-hydrogen) atoms. The Morgan fingerprint density at radius 3 is 2.79 bits per heavy atom. The summed E-state index contributed by atoms with van der Waals surface area (Å²) in [6.07, 6.45) is 1.42. The van der Waals surface area contributed by atoms with Crippen LogP contribution in [0.5, 0.6) is 5.75 Å². The SMILES string of the molecule is CCOc1ccccc1NC(=O)N/N=C/c1cc(Br)c(Sc2ccc(Cl)cc2)o1. The molecule has 2 amide bonds. The van der Waals surface area contributed by atoms with Crippen molar-refractivity contribution >= 4 is 57.2 Å². The lowest BCUT2D eigenvalue weighted by molar-refractivity contribution is 0.252. The monoisotopic (exact) mass is 493 g/mol. The molecule has 0 aliphatic rings. The van der Waals surface area contributed by atoms with Gasteiger partial charge in [0.05, 0.1) is 23.0 Å². The molecule has 0 spiro atoms. The first-order chi connectivity index (χ1) is 14.0. The van der Waals surface area contributed by atoms with Gasteiger partial charge in [0.2, 0.25) is 0 Å². The predicted octanol–water partition coefficient (Wildman–Crippen LogP) is 6.40. The first kappa shape index (κ1) is 21.3. The van der Waals surface area contributed by atoms with Crippen LogP contribution in [0.4, 0.5) is 10.5 Å². The van der Waals surface area contributed by atoms with Crippen molar-refractivity contribution < 1.29 is 13.9 Å². The Morgan fingerprint density at radius 2 is 2.03 bits per heavy atom. The molecule has 0 bridgehead atoms. The van der Waals surface area contributed by atoms with Gasteiger partial charge in [0.15, 0.2) is 5.09 Å². The number of urea groups is 1. The normalized spacial score (nSPS) is 10.9. The Kier molecular flexibility index (Phi) is 7.62. The molecule has 0 atom stereocenters. The molecule has 6 nitrogen and oxygen atoms in total. The summed E-state index contributed by atoms with van der Waals surface area (Å²) < 4.78 is 12.0. The summed E-state index contributed by atoms with van der Waals surface area (Å²) in [6.45, 7) is 2.38. The number of rotatable bonds is 7. The molecule has 1 aromatic heterocycles. The van der Waals surface area contributed by atoms with Crippen molar-refractivity contribution in [3.8, 4) is 5.75 Å². The quantitative estimate of drug-likeness (QED) is 0.294. The molecular formula is C20H17BrClN3O3S. The molecule has 0 saturated carbocycles. The van der Waals surface area contributed by atoms with E-state index in [2.05, 4.69) is 31.8 Å². The molecule has 0 aliphatic carbocycles. The predicted molar refractivity (Wildman–Crippen MR) is 119 cm³/mol. The maximum Gasteiger partial charge on any atom is 0.339 e. The van der Waals surface area contributed by atoms with Crippen molar-refractivity contribution in [2.45, 2.75) is 16.9 Å². The number of nitrogens with one attached hydrogen (secondary N) is 2. The van der Waals surface area contributed by atoms with E-state index in [0.29, 0.717) is 33.9 Å². The van der Waals surface area contributed by atoms with Gasteiger partial charge in [-0.1, -0.05) is 35.5 Å². The number of carbonyl (C=O) groups excluding carboxylic acids is 1. The van der Waals surface area contributed by atoms with Crippen LogP contribution in [0, 0.1) is 0 Å². The summed E-state index contributed by atoms with van der Waals surface area (Å²) in [5.41, 5.74) is 2.96. The van der Waals surface area contributed by atoms with Crippen LogP contribution in [0.15, 0.2) is 78.6 Å². The lowest BCUT2D eigenvalue weighted by Crippen LogP contribution is -2.24. The third-order valence-corrected chi connectivity index (χ3v) is 5.59. The first-order valence-corrected chi connectivity index (χ1v) is 10.6. The molecule has 2 N–H and O–H groups in total. The zero-order valence-electron chi connectivity index (χ0n) is 15.3. The molecule has 3 rings (SSSR count). The summed E-state index contributed by atoms with van der Waals surface area (Å²) in [5, 5.41) is 7.95. The molecule has 150 valence electrons. The van der Waals surface area contributed by atoms with E-state index in [-0.39, 0.29) is 0 Å². The Morgan fingerprint density at radius 1 is 1.28 bits per heavy atom. The number of hydrogen-bond acceptors (Lipinski definition) is 5. The van der Waals surface area contributed by atoms with Gasteiger partial charge in [-0.2, -0.15) is 5.10 Å². The van der Waals surface area contributed by atoms with E-state index in [1.54, 1.807) is 18.2 Å². The van der Waals surface area contributed by atoms with Gasteiger partial charge in [0.1, 0.15) is 11.5 Å². The average molecular weight is 495 g/mol. The van der Waals surface area contributed by atoms with Crippen LogP contribution in [0.25, 0.3) is 0 Å². The van der Waals surface area contributed by atoms with E-state index < -0.39 is 6.03 Å². The number of carbonyl (C=O) groups is 1. The van der Waals surface area contributed by atoms with Gasteiger partial charge in [-0.25, -0.2) is 10.2 Å². The van der Waals surface area contributed by atoms with Crippen molar-refractivity contribution in [2.24, 2.45) is 5.10 Å². The van der Waals surface area contributed by atoms with E-state index in [1.807, 2.05) is 43.3 Å². The van der Waals surface area contributed by atoms with Crippen LogP contribution in [0.2, 0.25) is 5.02 Å². The van der Waals surface area contributed by atoms with E-state index in [4.69, 9.17) is 20.8 Å². The number of furan rings is 1. The van der Waals surface area contributed by atoms with E-state index in [9.17, 15) is 4.79 Å². The number of hydrazone groups is 1. The van der Waals surface area contributed by atoms with Crippen LogP contribution < -0.4 is 15.5 Å². The van der Waals surface area contributed by atoms with Crippen molar-refractivity contribution in [3.63, 3.8) is 0 Å². The van der Waals surface area contributed by atoms with Crippen molar-refractivity contribution in [1.82, 2.24) is 5.43 Å². The van der Waals surface area contributed by atoms with Crippen LogP contribution in [-0.4, -0.2) is 18.9 Å². The minimum absolute atomic E-state index is 0.489. The summed E-state index contributed by atoms with van der Waals surface area (Å²) in [6, 6.07) is 15.9. The van der Waals surface area contributed by atoms with Crippen molar-refractivity contribution in [2.75, 3.05) is 11.9 Å². The molecule has 2 aromatic carbocycles. The van der Waals surface area contributed by atoms with Crippen molar-refractivity contribution in [3.05, 3.63) is 69.9 Å². The van der Waals surface area contributed by atoms with Gasteiger partial charge in [0, 0.05) is 16.0 Å². The fourth-order valence-electron chi connectivity index (χ4n) is 2.27. The molecule has 3 aromatic rings. The third-order valence-electron chi connectivity index (χ3n) is 3.49. The molecular weight excluding hydrogens is 478 g/mol. The number of ether oxygens (including phenoxy) is 1. The molecule has 0 radical (unpaired) electrons. The molecule has 9 heteroatoms. The van der Waals surface area contributed by atoms with E-state index in [0.717, 1.165) is 9.37 Å². The average Bonchev–Trinajstić information content (AvgIpc) is 3.04. The molecule has 0 unspecified atom stereocenters. The number of hydrogen-bond donors (Lipinski definition) is 2. The number of benzene rings is 2. The zero-order chi connectivity index (χ0) is 20.6. The minimum atomic E-state index is -0.491. The van der Waals surface area contributed by atoms with Gasteiger partial charge in [-0.15, -0.1) is 0 Å². The van der Waals surface area contributed by atoms with Crippen LogP contribution in [0.1, 0.15) is 12.7 Å². The molecule has 1 heterocycles. The number of anilines is 1. The highest BCUT2D eigenvalue weighted by atomic mass is 79.9. The smallest absolute Gasteiger partial charge is 0.339 e. The number of halogens is 2. The maximum atomic E-state index is 12.1. The number of para-hydroxylation sites is 2. The Hall–Kier alpha value is -2.42. The second-order valence-corrected chi connectivity index (χ2v) is 7.93. The van der Waals surface area contributed by atoms with Crippen LogP contribution >= 0.6 is 39.3 Å². The van der Waals surface area contributed by atoms with Gasteiger partial charge in [-0.3, -0.25) is 0 Å². The van der Waals surface area contributed by atoms with Crippen molar-refractivity contribution in [1.29, 1.82) is 0 Å². The summed E-state index contributed by atoms with van der Waals surface area (Å²) >= 11 is 10.8. The molecule has 0 saturated heterocycles. The highest BCUT2D eigenvalue weighted by Crippen LogP contribution is 2.35. The Balaban J connectivity index is 1.58. The lowest BCUT2D eigenvalue weighted by Gasteiger charge is -2.10. The van der Waals surface area contributed by atoms with Crippen LogP contribution in [-0.2, 0) is 0 Å². The van der Waals surface area contributed by atoms with E-state index in [1.165, 1.54) is 18.0 Å². The largest absolute Gasteiger partial charge is 0.492 e. The third kappa shape index (κ3) is 6.28. The van der Waals surface area contributed by atoms with Gasteiger partial charge < -0.3 is 14.5 Å². The second-order valence-electron chi connectivity index (χ2n) is 5.59. The topological polar surface area (TPSA) is 75.9 Å². The standard InChI is InChI=1S/C20H17BrClN3O3S/c1-2-27-18-6-4-3-5-17(18)24-20(26)25-23-12-14-11-16(21)19(28-14)29-15-9-7-13(22)8-10-15/h3-12H,2H2,1H3,(H2,24,25,26)/b23-12+. The fourth-order valence-corrected chi connectivity index (χ4v) is 3.72. The highest BCUT2D eigenvalue weighted by Gasteiger charge is 2.10. The number of nitrogens with zero attached hydrogens (tertiary/aromatic N) is 1. The van der Waals surface area contributed by atoms with Gasteiger partial charge >= 0.3 is 6.03 Å². The Bertz CT molecular complexity index is 1010. The number of amides is 2. The maximum absolute atomic E-state index is 12.1. The molecule has 0 aliphatic heterocycles. The first-order valence-electron chi connectivity index (χ1n) is 8.60. The van der Waals surface area contributed by atoms with Gasteiger partial charge in [0.25, 0.3) is 0 Å². The summed E-state index contributed by atoms with van der Waals surface area (Å²) in [4.78, 5) is 13.0.